The number of benzene rings is 2. The number of hydrogen-bond acceptors (Lipinski definition) is 2. The molecule has 0 aliphatic heterocycles. The summed E-state index contributed by atoms with van der Waals surface area (Å²) >= 11 is 0. The van der Waals surface area contributed by atoms with Crippen molar-refractivity contribution in [2.45, 2.75) is 0 Å². The molecule has 3 heteroatoms. The van der Waals surface area contributed by atoms with Gasteiger partial charge < -0.3 is 10.4 Å². The molecule has 0 unspecified atom stereocenters. The van der Waals surface area contributed by atoms with Gasteiger partial charge in [-0.3, -0.25) is 0 Å². The molecule has 0 atom stereocenters. The van der Waals surface area contributed by atoms with E-state index in [1.54, 1.807) is 12.1 Å². The van der Waals surface area contributed by atoms with E-state index in [4.69, 9.17) is 5.11 Å². The molecule has 0 radical (unpaired) electrons. The normalized spacial score (nSPS) is 10.1. The second kappa shape index (κ2) is 4.70. The molecule has 0 aromatic heterocycles. The molecule has 0 aliphatic carbocycles. The Morgan fingerprint density at radius 3 is 2.53 bits per heavy atom. The fraction of sp³-hybridized carbons (Fsp3) is 0.0714. The van der Waals surface area contributed by atoms with Crippen LogP contribution in [0.1, 0.15) is 10.4 Å². The van der Waals surface area contributed by atoms with Crippen molar-refractivity contribution in [1.29, 1.82) is 0 Å². The molecule has 3 nitrogen and oxygen atoms in total. The average molecular weight is 227 g/mol. The number of anilines is 1. The first kappa shape index (κ1) is 11.2. The summed E-state index contributed by atoms with van der Waals surface area (Å²) in [7, 11) is 0. The zero-order chi connectivity index (χ0) is 12.3. The van der Waals surface area contributed by atoms with Crippen molar-refractivity contribution in [3.63, 3.8) is 0 Å². The van der Waals surface area contributed by atoms with Crippen LogP contribution in [0.25, 0.3) is 10.8 Å². The van der Waals surface area contributed by atoms with Gasteiger partial charge in [0, 0.05) is 12.2 Å². The summed E-state index contributed by atoms with van der Waals surface area (Å²) in [5.41, 5.74) is 0.904. The minimum Gasteiger partial charge on any atom is -0.478 e. The van der Waals surface area contributed by atoms with Crippen LogP contribution in [-0.2, 0) is 0 Å². The SMILES string of the molecule is C=CCNc1cc2ccccc2cc1C(=O)O. The molecule has 0 heterocycles. The summed E-state index contributed by atoms with van der Waals surface area (Å²) < 4.78 is 0. The van der Waals surface area contributed by atoms with E-state index in [1.807, 2.05) is 30.3 Å². The highest BCUT2D eigenvalue weighted by atomic mass is 16.4. The largest absolute Gasteiger partial charge is 0.478 e. The van der Waals surface area contributed by atoms with Gasteiger partial charge in [0.25, 0.3) is 0 Å². The van der Waals surface area contributed by atoms with Gasteiger partial charge in [0.2, 0.25) is 0 Å². The van der Waals surface area contributed by atoms with Crippen LogP contribution in [-0.4, -0.2) is 17.6 Å². The van der Waals surface area contributed by atoms with Gasteiger partial charge in [-0.15, -0.1) is 6.58 Å². The standard InChI is InChI=1S/C14H13NO2/c1-2-7-15-13-9-11-6-4-3-5-10(11)8-12(13)14(16)17/h2-6,8-9,15H,1,7H2,(H,16,17). The summed E-state index contributed by atoms with van der Waals surface area (Å²) in [5.74, 6) is -0.928. The van der Waals surface area contributed by atoms with Crippen molar-refractivity contribution >= 4 is 22.4 Å². The molecule has 2 rings (SSSR count). The minimum atomic E-state index is -0.928. The van der Waals surface area contributed by atoms with E-state index < -0.39 is 5.97 Å². The molecule has 2 aromatic rings. The van der Waals surface area contributed by atoms with Gasteiger partial charge in [-0.1, -0.05) is 30.3 Å². The summed E-state index contributed by atoms with van der Waals surface area (Å²) in [6.45, 7) is 4.14. The van der Waals surface area contributed by atoms with Crippen LogP contribution in [0.2, 0.25) is 0 Å². The third kappa shape index (κ3) is 2.28. The first-order chi connectivity index (χ1) is 8.22. The van der Waals surface area contributed by atoms with Crippen LogP contribution in [0.3, 0.4) is 0 Å². The quantitative estimate of drug-likeness (QED) is 0.789. The first-order valence-corrected chi connectivity index (χ1v) is 5.33. The second-order valence-electron chi connectivity index (χ2n) is 3.72. The molecule has 2 aromatic carbocycles. The number of hydrogen-bond donors (Lipinski definition) is 2. The number of carbonyl (C=O) groups is 1. The van der Waals surface area contributed by atoms with Gasteiger partial charge >= 0.3 is 5.97 Å². The molecule has 0 saturated carbocycles. The highest BCUT2D eigenvalue weighted by Crippen LogP contribution is 2.24. The lowest BCUT2D eigenvalue weighted by Gasteiger charge is -2.09. The third-order valence-corrected chi connectivity index (χ3v) is 2.55. The predicted octanol–water partition coefficient (Wildman–Crippen LogP) is 3.14. The Kier molecular flexibility index (Phi) is 3.10. The van der Waals surface area contributed by atoms with Gasteiger partial charge in [0.15, 0.2) is 0 Å². The monoisotopic (exact) mass is 227 g/mol. The van der Waals surface area contributed by atoms with E-state index in [-0.39, 0.29) is 5.56 Å². The lowest BCUT2D eigenvalue weighted by molar-refractivity contribution is 0.0698. The number of carboxylic acid groups (broad SMARTS) is 1. The maximum atomic E-state index is 11.2. The Morgan fingerprint density at radius 2 is 1.94 bits per heavy atom. The number of aromatic carboxylic acids is 1. The van der Waals surface area contributed by atoms with Crippen LogP contribution in [0, 0.1) is 0 Å². The Hall–Kier alpha value is -2.29. The molecule has 0 saturated heterocycles. The maximum absolute atomic E-state index is 11.2. The van der Waals surface area contributed by atoms with Crippen molar-refractivity contribution in [3.05, 3.63) is 54.6 Å². The second-order valence-corrected chi connectivity index (χ2v) is 3.72. The topological polar surface area (TPSA) is 49.3 Å². The molecule has 17 heavy (non-hydrogen) atoms. The van der Waals surface area contributed by atoms with E-state index in [0.717, 1.165) is 10.8 Å². The van der Waals surface area contributed by atoms with Crippen molar-refractivity contribution < 1.29 is 9.90 Å². The Labute approximate surface area is 99.4 Å². The molecule has 0 spiro atoms. The van der Waals surface area contributed by atoms with Crippen molar-refractivity contribution in [3.8, 4) is 0 Å². The molecule has 0 amide bonds. The van der Waals surface area contributed by atoms with Gasteiger partial charge in [-0.2, -0.15) is 0 Å². The highest BCUT2D eigenvalue weighted by molar-refractivity contribution is 6.00. The fourth-order valence-electron chi connectivity index (χ4n) is 1.75. The van der Waals surface area contributed by atoms with Crippen LogP contribution in [0.15, 0.2) is 49.1 Å². The molecular formula is C14H13NO2. The molecule has 0 fully saturated rings. The zero-order valence-corrected chi connectivity index (χ0v) is 9.31. The predicted molar refractivity (Wildman–Crippen MR) is 69.6 cm³/mol. The van der Waals surface area contributed by atoms with Crippen LogP contribution >= 0.6 is 0 Å². The number of carboxylic acids is 1. The molecule has 0 aliphatic rings. The van der Waals surface area contributed by atoms with E-state index in [2.05, 4.69) is 11.9 Å². The van der Waals surface area contributed by atoms with Gasteiger partial charge in [-0.05, 0) is 22.9 Å². The summed E-state index contributed by atoms with van der Waals surface area (Å²) in [6, 6.07) is 11.2. The van der Waals surface area contributed by atoms with Crippen molar-refractivity contribution in [1.82, 2.24) is 0 Å². The fourth-order valence-corrected chi connectivity index (χ4v) is 1.75. The van der Waals surface area contributed by atoms with Crippen LogP contribution in [0.4, 0.5) is 5.69 Å². The minimum absolute atomic E-state index is 0.283. The Morgan fingerprint density at radius 1 is 1.29 bits per heavy atom. The molecule has 86 valence electrons. The first-order valence-electron chi connectivity index (χ1n) is 5.33. The van der Waals surface area contributed by atoms with Crippen LogP contribution in [0.5, 0.6) is 0 Å². The Bertz CT molecular complexity index is 575. The molecule has 0 bridgehead atoms. The highest BCUT2D eigenvalue weighted by Gasteiger charge is 2.10. The Balaban J connectivity index is 2.57. The van der Waals surface area contributed by atoms with Crippen LogP contribution < -0.4 is 5.32 Å². The lowest BCUT2D eigenvalue weighted by atomic mass is 10.0. The van der Waals surface area contributed by atoms with E-state index in [9.17, 15) is 4.79 Å². The molecular weight excluding hydrogens is 214 g/mol. The lowest BCUT2D eigenvalue weighted by Crippen LogP contribution is -2.06. The van der Waals surface area contributed by atoms with E-state index >= 15 is 0 Å². The van der Waals surface area contributed by atoms with Crippen molar-refractivity contribution in [2.75, 3.05) is 11.9 Å². The van der Waals surface area contributed by atoms with Gasteiger partial charge in [0.1, 0.15) is 0 Å². The summed E-state index contributed by atoms with van der Waals surface area (Å²) in [5, 5.41) is 14.1. The maximum Gasteiger partial charge on any atom is 0.337 e. The number of fused-ring (bicyclic) bond motifs is 1. The zero-order valence-electron chi connectivity index (χ0n) is 9.31. The average Bonchev–Trinajstić information content (AvgIpc) is 2.35. The van der Waals surface area contributed by atoms with Gasteiger partial charge in [-0.25, -0.2) is 4.79 Å². The van der Waals surface area contributed by atoms with Gasteiger partial charge in [0.05, 0.1) is 5.56 Å². The summed E-state index contributed by atoms with van der Waals surface area (Å²) in [6.07, 6.45) is 1.70. The third-order valence-electron chi connectivity index (χ3n) is 2.55. The number of rotatable bonds is 4. The smallest absolute Gasteiger partial charge is 0.337 e. The molecule has 2 N–H and O–H groups in total. The number of nitrogens with one attached hydrogen (secondary N) is 1. The summed E-state index contributed by atoms with van der Waals surface area (Å²) in [4.78, 5) is 11.2. The van der Waals surface area contributed by atoms with Crippen molar-refractivity contribution in [2.24, 2.45) is 0 Å². The van der Waals surface area contributed by atoms with E-state index in [1.165, 1.54) is 0 Å². The van der Waals surface area contributed by atoms with E-state index in [0.29, 0.717) is 12.2 Å².